The summed E-state index contributed by atoms with van der Waals surface area (Å²) in [5.74, 6) is 3.35. The summed E-state index contributed by atoms with van der Waals surface area (Å²) in [7, 11) is 1.63. The molecule has 1 aromatic heterocycles. The molecule has 0 bridgehead atoms. The summed E-state index contributed by atoms with van der Waals surface area (Å²) in [6, 6.07) is 3.71. The molecule has 0 saturated heterocycles. The molecule has 2 heteroatoms. The van der Waals surface area contributed by atoms with E-state index in [1.165, 1.54) is 0 Å². The molecule has 1 rings (SSSR count). The molecule has 0 radical (unpaired) electrons. The Bertz CT molecular complexity index is 290. The number of ether oxygens (including phenoxy) is 1. The largest absolute Gasteiger partial charge is 0.465 e. The first kappa shape index (κ1) is 9.63. The molecule has 0 aromatic carbocycles. The van der Waals surface area contributed by atoms with Crippen LogP contribution in [0.2, 0.25) is 0 Å². The monoisotopic (exact) mass is 176 g/mol. The van der Waals surface area contributed by atoms with Crippen molar-refractivity contribution in [2.45, 2.75) is 12.5 Å². The van der Waals surface area contributed by atoms with E-state index >= 15 is 0 Å². The van der Waals surface area contributed by atoms with Gasteiger partial charge in [0.1, 0.15) is 5.76 Å². The summed E-state index contributed by atoms with van der Waals surface area (Å²) in [5.41, 5.74) is 0. The van der Waals surface area contributed by atoms with E-state index in [-0.39, 0.29) is 6.10 Å². The smallest absolute Gasteiger partial charge is 0.126 e. The second-order valence-electron chi connectivity index (χ2n) is 2.56. The summed E-state index contributed by atoms with van der Waals surface area (Å²) < 4.78 is 10.2. The molecule has 0 spiro atoms. The van der Waals surface area contributed by atoms with E-state index in [2.05, 4.69) is 5.92 Å². The molecule has 1 unspecified atom stereocenters. The molecule has 0 fully saturated rings. The van der Waals surface area contributed by atoms with Crippen LogP contribution in [-0.2, 0) is 4.74 Å². The van der Waals surface area contributed by atoms with Crippen LogP contribution in [0.4, 0.5) is 0 Å². The highest BCUT2D eigenvalue weighted by atomic mass is 16.5. The Morgan fingerprint density at radius 1 is 1.77 bits per heavy atom. The predicted molar refractivity (Wildman–Crippen MR) is 52.0 cm³/mol. The van der Waals surface area contributed by atoms with Crippen molar-refractivity contribution in [2.75, 3.05) is 7.11 Å². The molecule has 0 aliphatic carbocycles. The molecule has 2 nitrogen and oxygen atoms in total. The minimum atomic E-state index is -0.0323. The highest BCUT2D eigenvalue weighted by Crippen LogP contribution is 2.05. The zero-order valence-electron chi connectivity index (χ0n) is 7.57. The second kappa shape index (κ2) is 5.23. The van der Waals surface area contributed by atoms with Crippen LogP contribution in [-0.4, -0.2) is 13.2 Å². The van der Waals surface area contributed by atoms with E-state index in [1.807, 2.05) is 24.3 Å². The Morgan fingerprint density at radius 3 is 3.15 bits per heavy atom. The van der Waals surface area contributed by atoms with Crippen molar-refractivity contribution in [1.82, 2.24) is 0 Å². The van der Waals surface area contributed by atoms with Gasteiger partial charge in [0, 0.05) is 13.5 Å². The maximum Gasteiger partial charge on any atom is 0.126 e. The van der Waals surface area contributed by atoms with E-state index in [0.29, 0.717) is 6.42 Å². The van der Waals surface area contributed by atoms with Crippen molar-refractivity contribution in [3.05, 3.63) is 30.2 Å². The van der Waals surface area contributed by atoms with Crippen LogP contribution in [0.1, 0.15) is 12.2 Å². The van der Waals surface area contributed by atoms with Gasteiger partial charge in [0.15, 0.2) is 0 Å². The van der Waals surface area contributed by atoms with Crippen LogP contribution in [0, 0.1) is 12.3 Å². The van der Waals surface area contributed by atoms with Gasteiger partial charge < -0.3 is 9.15 Å². The first-order valence-corrected chi connectivity index (χ1v) is 4.04. The van der Waals surface area contributed by atoms with E-state index in [9.17, 15) is 0 Å². The first-order chi connectivity index (χ1) is 6.36. The number of terminal acetylenes is 1. The SMILES string of the molecule is C#CCC(/C=C/c1ccco1)OC. The second-order valence-corrected chi connectivity index (χ2v) is 2.56. The van der Waals surface area contributed by atoms with Gasteiger partial charge in [-0.15, -0.1) is 12.3 Å². The molecule has 1 aromatic rings. The van der Waals surface area contributed by atoms with Gasteiger partial charge in [-0.25, -0.2) is 0 Å². The molecule has 0 aliphatic heterocycles. The van der Waals surface area contributed by atoms with Gasteiger partial charge in [-0.1, -0.05) is 6.08 Å². The fourth-order valence-electron chi connectivity index (χ4n) is 0.934. The van der Waals surface area contributed by atoms with Crippen LogP contribution in [0.5, 0.6) is 0 Å². The Labute approximate surface area is 78.2 Å². The standard InChI is InChI=1S/C11H12O2/c1-3-5-10(12-2)7-8-11-6-4-9-13-11/h1,4,6-10H,5H2,2H3/b8-7+. The van der Waals surface area contributed by atoms with Crippen molar-refractivity contribution in [3.63, 3.8) is 0 Å². The lowest BCUT2D eigenvalue weighted by molar-refractivity contribution is 0.146. The third kappa shape index (κ3) is 3.18. The molecule has 0 aliphatic rings. The maximum atomic E-state index is 5.17. The van der Waals surface area contributed by atoms with E-state index in [1.54, 1.807) is 13.4 Å². The van der Waals surface area contributed by atoms with Gasteiger partial charge in [0.25, 0.3) is 0 Å². The number of furan rings is 1. The number of methoxy groups -OCH3 is 1. The zero-order chi connectivity index (χ0) is 9.52. The van der Waals surface area contributed by atoms with Crippen LogP contribution in [0.3, 0.4) is 0 Å². The van der Waals surface area contributed by atoms with Crippen molar-refractivity contribution in [1.29, 1.82) is 0 Å². The average Bonchev–Trinajstić information content (AvgIpc) is 2.64. The van der Waals surface area contributed by atoms with Crippen molar-refractivity contribution < 1.29 is 9.15 Å². The average molecular weight is 176 g/mol. The van der Waals surface area contributed by atoms with E-state index in [4.69, 9.17) is 15.6 Å². The van der Waals surface area contributed by atoms with Crippen LogP contribution >= 0.6 is 0 Å². The quantitative estimate of drug-likeness (QED) is 0.657. The number of rotatable bonds is 4. The maximum absolute atomic E-state index is 5.17. The normalized spacial score (nSPS) is 12.9. The summed E-state index contributed by atoms with van der Waals surface area (Å²) in [5, 5.41) is 0. The first-order valence-electron chi connectivity index (χ1n) is 4.04. The molecule has 0 N–H and O–H groups in total. The summed E-state index contributed by atoms with van der Waals surface area (Å²) in [4.78, 5) is 0. The fraction of sp³-hybridized carbons (Fsp3) is 0.273. The molecular weight excluding hydrogens is 164 g/mol. The highest BCUT2D eigenvalue weighted by molar-refractivity contribution is 5.42. The summed E-state index contributed by atoms with van der Waals surface area (Å²) in [6.07, 6.45) is 11.1. The fourth-order valence-corrected chi connectivity index (χ4v) is 0.934. The molecular formula is C11H12O2. The lowest BCUT2D eigenvalue weighted by Gasteiger charge is -2.04. The lowest BCUT2D eigenvalue weighted by atomic mass is 10.2. The van der Waals surface area contributed by atoms with Gasteiger partial charge in [0.05, 0.1) is 12.4 Å². The predicted octanol–water partition coefficient (Wildman–Crippen LogP) is 2.33. The highest BCUT2D eigenvalue weighted by Gasteiger charge is 1.99. The Morgan fingerprint density at radius 2 is 2.62 bits per heavy atom. The Hall–Kier alpha value is -1.46. The third-order valence-electron chi connectivity index (χ3n) is 1.64. The third-order valence-corrected chi connectivity index (χ3v) is 1.64. The Kier molecular flexibility index (Phi) is 3.87. The molecule has 0 amide bonds. The number of hydrogen-bond donors (Lipinski definition) is 0. The van der Waals surface area contributed by atoms with E-state index < -0.39 is 0 Å². The molecule has 13 heavy (non-hydrogen) atoms. The van der Waals surface area contributed by atoms with Gasteiger partial charge in [-0.2, -0.15) is 0 Å². The van der Waals surface area contributed by atoms with Gasteiger partial charge in [-0.3, -0.25) is 0 Å². The minimum Gasteiger partial charge on any atom is -0.465 e. The van der Waals surface area contributed by atoms with Crippen molar-refractivity contribution in [3.8, 4) is 12.3 Å². The topological polar surface area (TPSA) is 22.4 Å². The molecule has 0 saturated carbocycles. The summed E-state index contributed by atoms with van der Waals surface area (Å²) >= 11 is 0. The number of hydrogen-bond acceptors (Lipinski definition) is 2. The van der Waals surface area contributed by atoms with Crippen LogP contribution < -0.4 is 0 Å². The molecule has 68 valence electrons. The lowest BCUT2D eigenvalue weighted by Crippen LogP contribution is -2.04. The van der Waals surface area contributed by atoms with Gasteiger partial charge >= 0.3 is 0 Å². The van der Waals surface area contributed by atoms with Crippen LogP contribution in [0.25, 0.3) is 6.08 Å². The zero-order valence-corrected chi connectivity index (χ0v) is 7.57. The van der Waals surface area contributed by atoms with Crippen molar-refractivity contribution >= 4 is 6.08 Å². The molecule has 1 atom stereocenters. The Balaban J connectivity index is 2.51. The minimum absolute atomic E-state index is 0.0323. The van der Waals surface area contributed by atoms with Gasteiger partial charge in [0.2, 0.25) is 0 Å². The van der Waals surface area contributed by atoms with Crippen LogP contribution in [0.15, 0.2) is 28.9 Å². The van der Waals surface area contributed by atoms with E-state index in [0.717, 1.165) is 5.76 Å². The van der Waals surface area contributed by atoms with Gasteiger partial charge in [-0.05, 0) is 18.2 Å². The summed E-state index contributed by atoms with van der Waals surface area (Å²) in [6.45, 7) is 0. The van der Waals surface area contributed by atoms with Crippen molar-refractivity contribution in [2.24, 2.45) is 0 Å². The molecule has 1 heterocycles.